The molecule has 1 saturated heterocycles. The van der Waals surface area contributed by atoms with Crippen molar-refractivity contribution in [1.82, 2.24) is 19.9 Å². The van der Waals surface area contributed by atoms with E-state index in [1.165, 1.54) is 0 Å². The first kappa shape index (κ1) is 22.6. The van der Waals surface area contributed by atoms with Gasteiger partial charge in [0.2, 0.25) is 5.89 Å². The van der Waals surface area contributed by atoms with Crippen molar-refractivity contribution in [2.75, 3.05) is 39.4 Å². The zero-order chi connectivity index (χ0) is 15.1. The molecule has 1 aromatic heterocycles. The highest BCUT2D eigenvalue weighted by atomic mass is 35.5. The van der Waals surface area contributed by atoms with E-state index < -0.39 is 0 Å². The standard InChI is InChI=1S/C14H27N5O2.2ClH/c1-3-12-10-18(5-6-19(12)7-8-20-4-2)11-13-16-14(9-15)21-17-13;;/h12H,3-11,15H2,1-2H3;2*1H. The molecule has 0 aromatic carbocycles. The Morgan fingerprint density at radius 2 is 2.09 bits per heavy atom. The molecule has 9 heteroatoms. The van der Waals surface area contributed by atoms with E-state index in [1.54, 1.807) is 0 Å². The summed E-state index contributed by atoms with van der Waals surface area (Å²) in [6.45, 7) is 11.1. The van der Waals surface area contributed by atoms with Gasteiger partial charge < -0.3 is 15.0 Å². The molecule has 1 aliphatic rings. The predicted octanol–water partition coefficient (Wildman–Crippen LogP) is 1.30. The minimum atomic E-state index is 0. The lowest BCUT2D eigenvalue weighted by Crippen LogP contribution is -2.53. The van der Waals surface area contributed by atoms with E-state index in [1.807, 2.05) is 6.92 Å². The zero-order valence-corrected chi connectivity index (χ0v) is 15.6. The van der Waals surface area contributed by atoms with Crippen LogP contribution in [-0.2, 0) is 17.8 Å². The van der Waals surface area contributed by atoms with E-state index in [2.05, 4.69) is 26.9 Å². The van der Waals surface area contributed by atoms with Crippen molar-refractivity contribution < 1.29 is 9.26 Å². The molecular formula is C14H29Cl2N5O2. The van der Waals surface area contributed by atoms with Gasteiger partial charge in [0.25, 0.3) is 0 Å². The topological polar surface area (TPSA) is 80.7 Å². The summed E-state index contributed by atoms with van der Waals surface area (Å²) in [5.74, 6) is 1.24. The molecule has 1 aromatic rings. The van der Waals surface area contributed by atoms with Crippen LogP contribution in [0, 0.1) is 0 Å². The maximum absolute atomic E-state index is 5.49. The summed E-state index contributed by atoms with van der Waals surface area (Å²) >= 11 is 0. The van der Waals surface area contributed by atoms with Gasteiger partial charge in [-0.05, 0) is 13.3 Å². The van der Waals surface area contributed by atoms with Crippen molar-refractivity contribution in [2.45, 2.75) is 39.4 Å². The Bertz CT molecular complexity index is 422. The molecule has 2 rings (SSSR count). The number of nitrogens with two attached hydrogens (primary N) is 1. The first-order valence-electron chi connectivity index (χ1n) is 7.82. The summed E-state index contributed by atoms with van der Waals surface area (Å²) in [5, 5.41) is 3.97. The molecule has 0 saturated carbocycles. The van der Waals surface area contributed by atoms with Crippen LogP contribution in [-0.4, -0.2) is 65.4 Å². The molecule has 23 heavy (non-hydrogen) atoms. The Kier molecular flexibility index (Phi) is 11.8. The van der Waals surface area contributed by atoms with Gasteiger partial charge in [0.1, 0.15) is 0 Å². The zero-order valence-electron chi connectivity index (χ0n) is 13.9. The van der Waals surface area contributed by atoms with Crippen LogP contribution in [0.5, 0.6) is 0 Å². The summed E-state index contributed by atoms with van der Waals surface area (Å²) in [6.07, 6.45) is 1.14. The van der Waals surface area contributed by atoms with Gasteiger partial charge in [-0.25, -0.2) is 0 Å². The lowest BCUT2D eigenvalue weighted by atomic mass is 10.1. The van der Waals surface area contributed by atoms with Crippen LogP contribution in [0.15, 0.2) is 4.52 Å². The van der Waals surface area contributed by atoms with Crippen LogP contribution in [0.25, 0.3) is 0 Å². The Morgan fingerprint density at radius 3 is 2.70 bits per heavy atom. The fourth-order valence-electron chi connectivity index (χ4n) is 2.75. The molecule has 0 bridgehead atoms. The van der Waals surface area contributed by atoms with Gasteiger partial charge in [-0.1, -0.05) is 12.1 Å². The Hall–Kier alpha value is -0.440. The molecule has 0 spiro atoms. The molecule has 2 heterocycles. The van der Waals surface area contributed by atoms with Crippen LogP contribution in [0.4, 0.5) is 0 Å². The molecule has 1 atom stereocenters. The van der Waals surface area contributed by atoms with Crippen LogP contribution in [0.3, 0.4) is 0 Å². The SMILES string of the molecule is CCOCCN1CCN(Cc2noc(CN)n2)CC1CC.Cl.Cl. The molecule has 1 aliphatic heterocycles. The van der Waals surface area contributed by atoms with E-state index in [9.17, 15) is 0 Å². The van der Waals surface area contributed by atoms with Gasteiger partial charge in [0.15, 0.2) is 5.82 Å². The maximum atomic E-state index is 5.49. The van der Waals surface area contributed by atoms with Crippen molar-refractivity contribution >= 4 is 24.8 Å². The largest absolute Gasteiger partial charge is 0.380 e. The normalized spacial score (nSPS) is 19.2. The molecule has 1 fully saturated rings. The molecule has 136 valence electrons. The van der Waals surface area contributed by atoms with Gasteiger partial charge in [-0.2, -0.15) is 4.98 Å². The summed E-state index contributed by atoms with van der Waals surface area (Å²) in [5.41, 5.74) is 5.49. The average molecular weight is 370 g/mol. The fraction of sp³-hybridized carbons (Fsp3) is 0.857. The minimum Gasteiger partial charge on any atom is -0.380 e. The van der Waals surface area contributed by atoms with Gasteiger partial charge in [-0.3, -0.25) is 9.80 Å². The minimum absolute atomic E-state index is 0. The quantitative estimate of drug-likeness (QED) is 0.691. The van der Waals surface area contributed by atoms with Gasteiger partial charge >= 0.3 is 0 Å². The Labute approximate surface area is 150 Å². The van der Waals surface area contributed by atoms with Crippen molar-refractivity contribution in [1.29, 1.82) is 0 Å². The van der Waals surface area contributed by atoms with Crippen molar-refractivity contribution in [2.24, 2.45) is 5.73 Å². The summed E-state index contributed by atoms with van der Waals surface area (Å²) < 4.78 is 10.5. The van der Waals surface area contributed by atoms with Crippen molar-refractivity contribution in [3.8, 4) is 0 Å². The fourth-order valence-corrected chi connectivity index (χ4v) is 2.75. The second-order valence-corrected chi connectivity index (χ2v) is 5.34. The molecular weight excluding hydrogens is 341 g/mol. The lowest BCUT2D eigenvalue weighted by Gasteiger charge is -2.40. The second-order valence-electron chi connectivity index (χ2n) is 5.34. The molecule has 0 aliphatic carbocycles. The monoisotopic (exact) mass is 369 g/mol. The third-order valence-electron chi connectivity index (χ3n) is 3.94. The van der Waals surface area contributed by atoms with E-state index in [-0.39, 0.29) is 24.8 Å². The third-order valence-corrected chi connectivity index (χ3v) is 3.94. The highest BCUT2D eigenvalue weighted by Gasteiger charge is 2.26. The average Bonchev–Trinajstić information content (AvgIpc) is 2.96. The summed E-state index contributed by atoms with van der Waals surface area (Å²) in [6, 6.07) is 0.570. The molecule has 1 unspecified atom stereocenters. The first-order valence-corrected chi connectivity index (χ1v) is 7.82. The van der Waals surface area contributed by atoms with Crippen molar-refractivity contribution in [3.63, 3.8) is 0 Å². The first-order chi connectivity index (χ1) is 10.3. The summed E-state index contributed by atoms with van der Waals surface area (Å²) in [7, 11) is 0. The number of piperazine rings is 1. The highest BCUT2D eigenvalue weighted by Crippen LogP contribution is 2.14. The van der Waals surface area contributed by atoms with E-state index in [4.69, 9.17) is 15.0 Å². The number of rotatable bonds is 8. The Balaban J connectivity index is 0.00000242. The summed E-state index contributed by atoms with van der Waals surface area (Å²) in [4.78, 5) is 9.18. The van der Waals surface area contributed by atoms with Crippen molar-refractivity contribution in [3.05, 3.63) is 11.7 Å². The molecule has 7 nitrogen and oxygen atoms in total. The molecule has 0 amide bonds. The number of ether oxygens (including phenoxy) is 1. The smallest absolute Gasteiger partial charge is 0.240 e. The van der Waals surface area contributed by atoms with E-state index >= 15 is 0 Å². The maximum Gasteiger partial charge on any atom is 0.240 e. The van der Waals surface area contributed by atoms with Gasteiger partial charge in [0.05, 0.1) is 19.7 Å². The second kappa shape index (κ2) is 12.0. The van der Waals surface area contributed by atoms with E-state index in [0.29, 0.717) is 18.5 Å². The number of halogens is 2. The predicted molar refractivity (Wildman–Crippen MR) is 94.1 cm³/mol. The lowest BCUT2D eigenvalue weighted by molar-refractivity contribution is 0.0374. The highest BCUT2D eigenvalue weighted by molar-refractivity contribution is 5.85. The number of aromatic nitrogens is 2. The number of hydrogen-bond acceptors (Lipinski definition) is 7. The van der Waals surface area contributed by atoms with Crippen LogP contribution < -0.4 is 5.73 Å². The van der Waals surface area contributed by atoms with Gasteiger partial charge in [0, 0.05) is 38.8 Å². The van der Waals surface area contributed by atoms with Crippen LogP contribution >= 0.6 is 24.8 Å². The molecule has 0 radical (unpaired) electrons. The molecule has 2 N–H and O–H groups in total. The van der Waals surface area contributed by atoms with Gasteiger partial charge in [-0.15, -0.1) is 24.8 Å². The van der Waals surface area contributed by atoms with E-state index in [0.717, 1.165) is 58.2 Å². The number of nitrogens with zero attached hydrogens (tertiary/aromatic N) is 4. The number of hydrogen-bond donors (Lipinski definition) is 1. The Morgan fingerprint density at radius 1 is 1.30 bits per heavy atom. The third kappa shape index (κ3) is 6.91. The van der Waals surface area contributed by atoms with Crippen LogP contribution in [0.1, 0.15) is 32.0 Å². The van der Waals surface area contributed by atoms with Crippen LogP contribution in [0.2, 0.25) is 0 Å².